The summed E-state index contributed by atoms with van der Waals surface area (Å²) in [6, 6.07) is 6.07. The highest BCUT2D eigenvalue weighted by atomic mass is 16.5. The van der Waals surface area contributed by atoms with Gasteiger partial charge in [-0.05, 0) is 44.4 Å². The molecule has 1 aliphatic carbocycles. The minimum absolute atomic E-state index is 0.120. The van der Waals surface area contributed by atoms with Gasteiger partial charge in [-0.15, -0.1) is 0 Å². The van der Waals surface area contributed by atoms with Crippen molar-refractivity contribution in [2.75, 3.05) is 0 Å². The topological polar surface area (TPSA) is 97.6 Å². The third-order valence-electron chi connectivity index (χ3n) is 4.78. The Hall–Kier alpha value is -2.83. The predicted octanol–water partition coefficient (Wildman–Crippen LogP) is 3.03. The second-order valence-corrected chi connectivity index (χ2v) is 6.96. The maximum atomic E-state index is 12.2. The van der Waals surface area contributed by atoms with Crippen LogP contribution in [0.4, 0.5) is 4.79 Å². The lowest BCUT2D eigenvalue weighted by Gasteiger charge is -2.23. The van der Waals surface area contributed by atoms with Crippen molar-refractivity contribution in [1.29, 1.82) is 0 Å². The number of carbonyl (C=O) groups excluding carboxylic acids is 2. The van der Waals surface area contributed by atoms with Crippen LogP contribution in [0.1, 0.15) is 44.6 Å². The van der Waals surface area contributed by atoms with Gasteiger partial charge in [0.15, 0.2) is 6.10 Å². The van der Waals surface area contributed by atoms with Crippen LogP contribution in [0.25, 0.3) is 11.0 Å². The molecule has 7 nitrogen and oxygen atoms in total. The number of rotatable bonds is 4. The standard InChI is InChI=1S/C20H24N2O5/c1-12-10-18(23)27-17-11-15(8-9-16(12)17)26-13(2)19(24)22-20(25)21-14-6-4-3-5-7-14/h8-11,13-14H,3-7H2,1-2H3,(H2,21,22,24,25)/t13-/m1/s1. The van der Waals surface area contributed by atoms with E-state index in [0.29, 0.717) is 11.3 Å². The van der Waals surface area contributed by atoms with Crippen LogP contribution in [0.3, 0.4) is 0 Å². The average molecular weight is 372 g/mol. The van der Waals surface area contributed by atoms with Crippen LogP contribution in [0.15, 0.2) is 33.5 Å². The molecule has 2 N–H and O–H groups in total. The molecule has 144 valence electrons. The highest BCUT2D eigenvalue weighted by Gasteiger charge is 2.21. The Morgan fingerprint density at radius 1 is 1.19 bits per heavy atom. The van der Waals surface area contributed by atoms with Crippen molar-refractivity contribution >= 4 is 22.9 Å². The Bertz CT molecular complexity index is 899. The normalized spacial score (nSPS) is 15.9. The van der Waals surface area contributed by atoms with Gasteiger partial charge >= 0.3 is 11.7 Å². The predicted molar refractivity (Wildman–Crippen MR) is 101 cm³/mol. The summed E-state index contributed by atoms with van der Waals surface area (Å²) in [7, 11) is 0. The first-order valence-corrected chi connectivity index (χ1v) is 9.25. The minimum Gasteiger partial charge on any atom is -0.481 e. The minimum atomic E-state index is -0.879. The van der Waals surface area contributed by atoms with Crippen molar-refractivity contribution in [2.45, 2.75) is 58.1 Å². The van der Waals surface area contributed by atoms with Crippen molar-refractivity contribution in [3.63, 3.8) is 0 Å². The summed E-state index contributed by atoms with van der Waals surface area (Å²) in [5.41, 5.74) is 0.750. The number of carbonyl (C=O) groups is 2. The van der Waals surface area contributed by atoms with Crippen LogP contribution >= 0.6 is 0 Å². The zero-order chi connectivity index (χ0) is 19.4. The molecule has 2 aromatic rings. The molecule has 0 spiro atoms. The van der Waals surface area contributed by atoms with E-state index in [9.17, 15) is 14.4 Å². The zero-order valence-electron chi connectivity index (χ0n) is 15.5. The summed E-state index contributed by atoms with van der Waals surface area (Å²) >= 11 is 0. The van der Waals surface area contributed by atoms with Crippen LogP contribution in [-0.4, -0.2) is 24.1 Å². The maximum absolute atomic E-state index is 12.2. The molecule has 7 heteroatoms. The van der Waals surface area contributed by atoms with E-state index >= 15 is 0 Å². The van der Waals surface area contributed by atoms with Gasteiger partial charge in [-0.2, -0.15) is 0 Å². The van der Waals surface area contributed by atoms with Gasteiger partial charge in [-0.3, -0.25) is 10.1 Å². The van der Waals surface area contributed by atoms with E-state index in [0.717, 1.165) is 36.6 Å². The molecule has 27 heavy (non-hydrogen) atoms. The molecule has 0 aliphatic heterocycles. The largest absolute Gasteiger partial charge is 0.481 e. The quantitative estimate of drug-likeness (QED) is 0.804. The number of nitrogens with one attached hydrogen (secondary N) is 2. The highest BCUT2D eigenvalue weighted by molar-refractivity contribution is 5.96. The highest BCUT2D eigenvalue weighted by Crippen LogP contribution is 2.23. The molecule has 0 unspecified atom stereocenters. The monoisotopic (exact) mass is 372 g/mol. The third-order valence-corrected chi connectivity index (χ3v) is 4.78. The number of hydrogen-bond donors (Lipinski definition) is 2. The molecule has 1 atom stereocenters. The van der Waals surface area contributed by atoms with Gasteiger partial charge in [-0.25, -0.2) is 9.59 Å². The van der Waals surface area contributed by atoms with Gasteiger partial charge < -0.3 is 14.5 Å². The smallest absolute Gasteiger partial charge is 0.336 e. The van der Waals surface area contributed by atoms with E-state index < -0.39 is 23.7 Å². The van der Waals surface area contributed by atoms with E-state index in [-0.39, 0.29) is 6.04 Å². The molecule has 3 amide bonds. The lowest BCUT2D eigenvalue weighted by atomic mass is 9.96. The molecular formula is C20H24N2O5. The summed E-state index contributed by atoms with van der Waals surface area (Å²) in [4.78, 5) is 35.7. The van der Waals surface area contributed by atoms with Crippen LogP contribution in [0.2, 0.25) is 0 Å². The first-order chi connectivity index (χ1) is 12.9. The summed E-state index contributed by atoms with van der Waals surface area (Å²) in [6.07, 6.45) is 4.38. The zero-order valence-corrected chi connectivity index (χ0v) is 15.5. The Morgan fingerprint density at radius 3 is 2.67 bits per heavy atom. The molecule has 0 saturated heterocycles. The lowest BCUT2D eigenvalue weighted by molar-refractivity contribution is -0.126. The van der Waals surface area contributed by atoms with Gasteiger partial charge in [0.05, 0.1) is 0 Å². The number of imide groups is 1. The van der Waals surface area contributed by atoms with Gasteiger partial charge in [0.2, 0.25) is 0 Å². The molecule has 1 aromatic carbocycles. The molecule has 0 radical (unpaired) electrons. The Balaban J connectivity index is 1.59. The second-order valence-electron chi connectivity index (χ2n) is 6.96. The molecular weight excluding hydrogens is 348 g/mol. The van der Waals surface area contributed by atoms with E-state index in [1.807, 2.05) is 6.92 Å². The number of aryl methyl sites for hydroxylation is 1. The molecule has 1 fully saturated rings. The molecule has 3 rings (SSSR count). The number of urea groups is 1. The SMILES string of the molecule is Cc1cc(=O)oc2cc(O[C@H](C)C(=O)NC(=O)NC3CCCCC3)ccc12. The fraction of sp³-hybridized carbons (Fsp3) is 0.450. The first kappa shape index (κ1) is 18.9. The summed E-state index contributed by atoms with van der Waals surface area (Å²) < 4.78 is 10.8. The van der Waals surface area contributed by atoms with E-state index in [2.05, 4.69) is 10.6 Å². The fourth-order valence-corrected chi connectivity index (χ4v) is 3.32. The van der Waals surface area contributed by atoms with E-state index in [1.165, 1.54) is 12.5 Å². The molecule has 1 saturated carbocycles. The van der Waals surface area contributed by atoms with Gasteiger partial charge in [0.1, 0.15) is 11.3 Å². The van der Waals surface area contributed by atoms with Crippen molar-refractivity contribution in [3.8, 4) is 5.75 Å². The first-order valence-electron chi connectivity index (χ1n) is 9.25. The van der Waals surface area contributed by atoms with E-state index in [4.69, 9.17) is 9.15 Å². The molecule has 0 bridgehead atoms. The van der Waals surface area contributed by atoms with Gasteiger partial charge in [-0.1, -0.05) is 19.3 Å². The molecule has 1 aliphatic rings. The van der Waals surface area contributed by atoms with Crippen LogP contribution < -0.4 is 21.0 Å². The Labute approximate surface area is 157 Å². The number of amides is 3. The maximum Gasteiger partial charge on any atom is 0.336 e. The number of hydrogen-bond acceptors (Lipinski definition) is 5. The number of benzene rings is 1. The summed E-state index contributed by atoms with van der Waals surface area (Å²) in [6.45, 7) is 3.38. The number of ether oxygens (including phenoxy) is 1. The van der Waals surface area contributed by atoms with Crippen LogP contribution in [0.5, 0.6) is 5.75 Å². The van der Waals surface area contributed by atoms with Gasteiger partial charge in [0.25, 0.3) is 5.91 Å². The van der Waals surface area contributed by atoms with Crippen molar-refractivity contribution < 1.29 is 18.7 Å². The van der Waals surface area contributed by atoms with Crippen molar-refractivity contribution in [1.82, 2.24) is 10.6 Å². The molecule has 1 aromatic heterocycles. The van der Waals surface area contributed by atoms with E-state index in [1.54, 1.807) is 25.1 Å². The lowest BCUT2D eigenvalue weighted by Crippen LogP contribution is -2.48. The molecule has 1 heterocycles. The third kappa shape index (κ3) is 4.87. The van der Waals surface area contributed by atoms with Crippen molar-refractivity contribution in [2.24, 2.45) is 0 Å². The Kier molecular flexibility index (Phi) is 5.78. The second kappa shape index (κ2) is 8.24. The van der Waals surface area contributed by atoms with Crippen LogP contribution in [0, 0.1) is 6.92 Å². The number of fused-ring (bicyclic) bond motifs is 1. The fourth-order valence-electron chi connectivity index (χ4n) is 3.32. The average Bonchev–Trinajstić information content (AvgIpc) is 2.61. The summed E-state index contributed by atoms with van der Waals surface area (Å²) in [5.74, 6) is -0.152. The van der Waals surface area contributed by atoms with Gasteiger partial charge in [0, 0.05) is 23.6 Å². The Morgan fingerprint density at radius 2 is 1.93 bits per heavy atom. The van der Waals surface area contributed by atoms with Crippen LogP contribution in [-0.2, 0) is 4.79 Å². The van der Waals surface area contributed by atoms with Crippen molar-refractivity contribution in [3.05, 3.63) is 40.2 Å². The summed E-state index contributed by atoms with van der Waals surface area (Å²) in [5, 5.41) is 5.94.